The minimum absolute atomic E-state index is 0.273. The molecule has 0 saturated carbocycles. The number of anilines is 1. The van der Waals surface area contributed by atoms with E-state index in [4.69, 9.17) is 0 Å². The third-order valence-electron chi connectivity index (χ3n) is 4.09. The molecule has 1 aromatic carbocycles. The number of hydrogen-bond donors (Lipinski definition) is 0. The largest absolute Gasteiger partial charge is 0.272 e. The van der Waals surface area contributed by atoms with Crippen LogP contribution in [0.5, 0.6) is 0 Å². The summed E-state index contributed by atoms with van der Waals surface area (Å²) < 4.78 is 29.4. The fourth-order valence-corrected chi connectivity index (χ4v) is 5.04. The Kier molecular flexibility index (Phi) is 2.92. The van der Waals surface area contributed by atoms with Gasteiger partial charge in [0.25, 0.3) is 10.0 Å². The lowest BCUT2D eigenvalue weighted by Crippen LogP contribution is -2.45. The van der Waals surface area contributed by atoms with Crippen molar-refractivity contribution in [2.24, 2.45) is 7.05 Å². The molecule has 0 N–H and O–H groups in total. The summed E-state index contributed by atoms with van der Waals surface area (Å²) in [5, 5.41) is 4.07. The quantitative estimate of drug-likeness (QED) is 0.855. The van der Waals surface area contributed by atoms with Gasteiger partial charge in [-0.05, 0) is 38.8 Å². The molecule has 0 fully saturated rings. The van der Waals surface area contributed by atoms with Crippen molar-refractivity contribution in [2.75, 3.05) is 4.31 Å². The standard InChI is InChI=1S/C15H19N3O2S/c1-11-14(10-16-17(11)4)21(19,20)18-13-8-6-5-7-12(13)9-15(18,2)3/h5-8,10H,9H2,1-4H3. The maximum atomic E-state index is 13.1. The van der Waals surface area contributed by atoms with Crippen molar-refractivity contribution in [2.45, 2.75) is 37.6 Å². The number of aromatic nitrogens is 2. The van der Waals surface area contributed by atoms with E-state index in [2.05, 4.69) is 5.10 Å². The first-order valence-electron chi connectivity index (χ1n) is 6.87. The molecule has 5 nitrogen and oxygen atoms in total. The molecule has 1 aliphatic heterocycles. The van der Waals surface area contributed by atoms with Crippen molar-refractivity contribution in [1.82, 2.24) is 9.78 Å². The Labute approximate surface area is 125 Å². The zero-order chi connectivity index (χ0) is 15.4. The van der Waals surface area contributed by atoms with Crippen molar-refractivity contribution >= 4 is 15.7 Å². The van der Waals surface area contributed by atoms with Crippen molar-refractivity contribution < 1.29 is 8.42 Å². The summed E-state index contributed by atoms with van der Waals surface area (Å²) >= 11 is 0. The van der Waals surface area contributed by atoms with Crippen molar-refractivity contribution in [1.29, 1.82) is 0 Å². The minimum atomic E-state index is -3.62. The van der Waals surface area contributed by atoms with Crippen molar-refractivity contribution in [3.63, 3.8) is 0 Å². The number of sulfonamides is 1. The summed E-state index contributed by atoms with van der Waals surface area (Å²) in [6.07, 6.45) is 2.14. The maximum absolute atomic E-state index is 13.1. The van der Waals surface area contributed by atoms with Crippen LogP contribution in [0.4, 0.5) is 5.69 Å². The number of aryl methyl sites for hydroxylation is 1. The second-order valence-corrected chi connectivity index (χ2v) is 7.86. The van der Waals surface area contributed by atoms with Crippen LogP contribution in [0, 0.1) is 6.92 Å². The first-order chi connectivity index (χ1) is 9.75. The van der Waals surface area contributed by atoms with Gasteiger partial charge in [0, 0.05) is 7.05 Å². The van der Waals surface area contributed by atoms with Gasteiger partial charge in [-0.25, -0.2) is 8.42 Å². The lowest BCUT2D eigenvalue weighted by molar-refractivity contribution is 0.520. The lowest BCUT2D eigenvalue weighted by atomic mass is 10.0. The van der Waals surface area contributed by atoms with Crippen molar-refractivity contribution in [3.8, 4) is 0 Å². The van der Waals surface area contributed by atoms with E-state index in [-0.39, 0.29) is 4.90 Å². The number of rotatable bonds is 2. The van der Waals surface area contributed by atoms with Gasteiger partial charge in [0.15, 0.2) is 0 Å². The van der Waals surface area contributed by atoms with E-state index < -0.39 is 15.6 Å². The third-order valence-corrected chi connectivity index (χ3v) is 6.22. The molecule has 0 aliphatic carbocycles. The van der Waals surface area contributed by atoms with Crippen LogP contribution in [0.3, 0.4) is 0 Å². The minimum Gasteiger partial charge on any atom is -0.272 e. The molecular weight excluding hydrogens is 286 g/mol. The van der Waals surface area contributed by atoms with Crippen LogP contribution in [0.1, 0.15) is 25.1 Å². The number of fused-ring (bicyclic) bond motifs is 1. The molecule has 0 saturated heterocycles. The van der Waals surface area contributed by atoms with E-state index in [0.717, 1.165) is 11.3 Å². The van der Waals surface area contributed by atoms with E-state index in [0.29, 0.717) is 12.1 Å². The predicted molar refractivity (Wildman–Crippen MR) is 81.8 cm³/mol. The normalized spacial score (nSPS) is 17.0. The number of benzene rings is 1. The Balaban J connectivity index is 2.21. The molecule has 1 aromatic heterocycles. The smallest absolute Gasteiger partial charge is 0.268 e. The van der Waals surface area contributed by atoms with Crippen molar-refractivity contribution in [3.05, 3.63) is 41.7 Å². The Hall–Kier alpha value is -1.82. The van der Waals surface area contributed by atoms with E-state index in [1.165, 1.54) is 6.20 Å². The average molecular weight is 305 g/mol. The van der Waals surface area contributed by atoms with Gasteiger partial charge in [0.1, 0.15) is 4.90 Å². The van der Waals surface area contributed by atoms with Crippen LogP contribution in [0.25, 0.3) is 0 Å². The van der Waals surface area contributed by atoms with E-state index in [9.17, 15) is 8.42 Å². The fraction of sp³-hybridized carbons (Fsp3) is 0.400. The molecule has 3 rings (SSSR count). The average Bonchev–Trinajstić information content (AvgIpc) is 2.86. The van der Waals surface area contributed by atoms with Gasteiger partial charge in [0.2, 0.25) is 0 Å². The van der Waals surface area contributed by atoms with E-state index >= 15 is 0 Å². The Morgan fingerprint density at radius 1 is 1.24 bits per heavy atom. The fourth-order valence-electron chi connectivity index (χ4n) is 3.01. The molecular formula is C15H19N3O2S. The zero-order valence-electron chi connectivity index (χ0n) is 12.7. The Morgan fingerprint density at radius 3 is 2.52 bits per heavy atom. The lowest BCUT2D eigenvalue weighted by Gasteiger charge is -2.32. The van der Waals surface area contributed by atoms with Crippen LogP contribution >= 0.6 is 0 Å². The number of hydrogen-bond acceptors (Lipinski definition) is 3. The van der Waals surface area contributed by atoms with Gasteiger partial charge in [-0.15, -0.1) is 0 Å². The van der Waals surface area contributed by atoms with Crippen LogP contribution in [-0.2, 0) is 23.5 Å². The van der Waals surface area contributed by atoms with Crippen LogP contribution in [0.15, 0.2) is 35.4 Å². The molecule has 2 aromatic rings. The predicted octanol–water partition coefficient (Wildman–Crippen LogP) is 2.26. The van der Waals surface area contributed by atoms with Gasteiger partial charge in [-0.3, -0.25) is 8.99 Å². The third kappa shape index (κ3) is 1.97. The van der Waals surface area contributed by atoms with Crippen LogP contribution < -0.4 is 4.31 Å². The van der Waals surface area contributed by atoms with Gasteiger partial charge in [-0.2, -0.15) is 5.10 Å². The van der Waals surface area contributed by atoms with Gasteiger partial charge < -0.3 is 0 Å². The summed E-state index contributed by atoms with van der Waals surface area (Å²) in [7, 11) is -1.87. The molecule has 112 valence electrons. The second-order valence-electron chi connectivity index (χ2n) is 6.11. The molecule has 21 heavy (non-hydrogen) atoms. The van der Waals surface area contributed by atoms with E-state index in [1.54, 1.807) is 23.0 Å². The highest BCUT2D eigenvalue weighted by atomic mass is 32.2. The highest BCUT2D eigenvalue weighted by Gasteiger charge is 2.44. The second kappa shape index (κ2) is 4.34. The SMILES string of the molecule is Cc1c(S(=O)(=O)N2c3ccccc3CC2(C)C)cnn1C. The topological polar surface area (TPSA) is 55.2 Å². The number of para-hydroxylation sites is 1. The first-order valence-corrected chi connectivity index (χ1v) is 8.31. The van der Waals surface area contributed by atoms with Crippen LogP contribution in [-0.4, -0.2) is 23.7 Å². The molecule has 0 amide bonds. The van der Waals surface area contributed by atoms with Crippen LogP contribution in [0.2, 0.25) is 0 Å². The molecule has 0 bridgehead atoms. The maximum Gasteiger partial charge on any atom is 0.268 e. The first kappa shape index (κ1) is 14.1. The van der Waals surface area contributed by atoms with E-state index in [1.807, 2.05) is 38.1 Å². The molecule has 0 radical (unpaired) electrons. The Bertz CT molecular complexity index is 806. The summed E-state index contributed by atoms with van der Waals surface area (Å²) in [6, 6.07) is 7.68. The number of nitrogens with zero attached hydrogens (tertiary/aromatic N) is 3. The summed E-state index contributed by atoms with van der Waals surface area (Å²) in [6.45, 7) is 5.68. The highest BCUT2D eigenvalue weighted by Crippen LogP contribution is 2.42. The molecule has 0 atom stereocenters. The molecule has 2 heterocycles. The molecule has 6 heteroatoms. The molecule has 1 aliphatic rings. The summed E-state index contributed by atoms with van der Waals surface area (Å²) in [4.78, 5) is 0.273. The van der Waals surface area contributed by atoms with Gasteiger partial charge in [-0.1, -0.05) is 18.2 Å². The summed E-state index contributed by atoms with van der Waals surface area (Å²) in [5.41, 5.74) is 2.00. The molecule has 0 unspecified atom stereocenters. The zero-order valence-corrected chi connectivity index (χ0v) is 13.5. The summed E-state index contributed by atoms with van der Waals surface area (Å²) in [5.74, 6) is 0. The molecule has 0 spiro atoms. The monoisotopic (exact) mass is 305 g/mol. The Morgan fingerprint density at radius 2 is 1.90 bits per heavy atom. The highest BCUT2D eigenvalue weighted by molar-refractivity contribution is 7.93. The van der Waals surface area contributed by atoms with Gasteiger partial charge >= 0.3 is 0 Å². The van der Waals surface area contributed by atoms with Gasteiger partial charge in [0.05, 0.1) is 23.1 Å².